The summed E-state index contributed by atoms with van der Waals surface area (Å²) in [6.07, 6.45) is 2.78. The van der Waals surface area contributed by atoms with E-state index in [9.17, 15) is 0 Å². The lowest BCUT2D eigenvalue weighted by atomic mass is 10.3. The number of hydrogen-bond acceptors (Lipinski definition) is 4. The molecule has 0 bridgehead atoms. The minimum absolute atomic E-state index is 0. The molecule has 1 aliphatic heterocycles. The number of ether oxygens (including phenoxy) is 2. The van der Waals surface area contributed by atoms with Crippen LogP contribution in [0.2, 0.25) is 0 Å². The third kappa shape index (κ3) is 6.26. The number of hydrogen-bond donors (Lipinski definition) is 0. The average Bonchev–Trinajstić information content (AvgIpc) is 2.52. The number of rotatable bonds is 8. The van der Waals surface area contributed by atoms with E-state index in [4.69, 9.17) is 9.47 Å². The molecule has 0 amide bonds. The summed E-state index contributed by atoms with van der Waals surface area (Å²) in [5.74, 6) is 1.61. The number of halogens is 1. The molecule has 2 rings (SSSR count). The summed E-state index contributed by atoms with van der Waals surface area (Å²) < 4.78 is 11.4. The van der Waals surface area contributed by atoms with Crippen LogP contribution in [0.4, 0.5) is 0 Å². The zero-order chi connectivity index (χ0) is 14.9. The Morgan fingerprint density at radius 3 is 2.36 bits per heavy atom. The van der Waals surface area contributed by atoms with E-state index in [0.29, 0.717) is 6.61 Å². The van der Waals surface area contributed by atoms with Crippen molar-refractivity contribution in [3.05, 3.63) is 36.9 Å². The number of likely N-dealkylation sites (N-methyl/N-ethyl adjacent to an activating group) is 1. The van der Waals surface area contributed by atoms with Crippen molar-refractivity contribution in [2.24, 2.45) is 0 Å². The fourth-order valence-electron chi connectivity index (χ4n) is 2.38. The van der Waals surface area contributed by atoms with E-state index in [1.54, 1.807) is 6.08 Å². The predicted octanol–water partition coefficient (Wildman–Crippen LogP) is 2.69. The summed E-state index contributed by atoms with van der Waals surface area (Å²) >= 11 is 0. The van der Waals surface area contributed by atoms with Gasteiger partial charge in [-0.05, 0) is 25.6 Å². The molecule has 0 aliphatic carbocycles. The van der Waals surface area contributed by atoms with Crippen molar-refractivity contribution in [3.8, 4) is 11.5 Å². The van der Waals surface area contributed by atoms with Crippen molar-refractivity contribution in [2.45, 2.75) is 6.42 Å². The maximum absolute atomic E-state index is 5.85. The maximum atomic E-state index is 5.85. The fraction of sp³-hybridized carbons (Fsp3) is 0.529. The second-order valence-electron chi connectivity index (χ2n) is 5.39. The van der Waals surface area contributed by atoms with Gasteiger partial charge in [0.25, 0.3) is 0 Å². The van der Waals surface area contributed by atoms with E-state index < -0.39 is 0 Å². The van der Waals surface area contributed by atoms with E-state index in [1.165, 1.54) is 13.1 Å². The minimum atomic E-state index is 0. The Morgan fingerprint density at radius 2 is 1.73 bits per heavy atom. The van der Waals surface area contributed by atoms with Gasteiger partial charge in [0.05, 0.1) is 6.61 Å². The zero-order valence-corrected chi connectivity index (χ0v) is 14.2. The lowest BCUT2D eigenvalue weighted by Crippen LogP contribution is -2.44. The molecule has 1 saturated heterocycles. The molecule has 0 atom stereocenters. The first-order valence-electron chi connectivity index (χ1n) is 7.66. The van der Waals surface area contributed by atoms with Crippen molar-refractivity contribution in [2.75, 3.05) is 53.0 Å². The summed E-state index contributed by atoms with van der Waals surface area (Å²) in [4.78, 5) is 4.88. The van der Waals surface area contributed by atoms with Gasteiger partial charge in [-0.1, -0.05) is 24.8 Å². The number of piperazine rings is 1. The van der Waals surface area contributed by atoms with Gasteiger partial charge in [-0.3, -0.25) is 0 Å². The van der Waals surface area contributed by atoms with E-state index in [1.807, 2.05) is 24.3 Å². The highest BCUT2D eigenvalue weighted by Gasteiger charge is 2.13. The van der Waals surface area contributed by atoms with Gasteiger partial charge in [-0.2, -0.15) is 0 Å². The van der Waals surface area contributed by atoms with Crippen molar-refractivity contribution < 1.29 is 9.47 Å². The minimum Gasteiger partial charge on any atom is -0.490 e. The van der Waals surface area contributed by atoms with Crippen LogP contribution in [0.15, 0.2) is 36.9 Å². The third-order valence-electron chi connectivity index (χ3n) is 3.68. The highest BCUT2D eigenvalue weighted by molar-refractivity contribution is 5.85. The SMILES string of the molecule is C=CCOc1ccccc1OCCCN1CCN(C)CC1.Cl. The first kappa shape index (κ1) is 18.8. The summed E-state index contributed by atoms with van der Waals surface area (Å²) in [6, 6.07) is 7.81. The van der Waals surface area contributed by atoms with Crippen LogP contribution in [-0.4, -0.2) is 62.8 Å². The highest BCUT2D eigenvalue weighted by Crippen LogP contribution is 2.26. The molecule has 1 fully saturated rings. The molecule has 1 heterocycles. The van der Waals surface area contributed by atoms with Crippen LogP contribution in [-0.2, 0) is 0 Å². The van der Waals surface area contributed by atoms with Gasteiger partial charge in [0.15, 0.2) is 11.5 Å². The molecule has 0 spiro atoms. The topological polar surface area (TPSA) is 24.9 Å². The Hall–Kier alpha value is -1.23. The molecular formula is C17H27ClN2O2. The van der Waals surface area contributed by atoms with Gasteiger partial charge in [0, 0.05) is 32.7 Å². The molecule has 0 saturated carbocycles. The molecular weight excluding hydrogens is 300 g/mol. The van der Waals surface area contributed by atoms with E-state index >= 15 is 0 Å². The van der Waals surface area contributed by atoms with Gasteiger partial charge < -0.3 is 19.3 Å². The average molecular weight is 327 g/mol. The third-order valence-corrected chi connectivity index (χ3v) is 3.68. The Kier molecular flexibility index (Phi) is 8.97. The molecule has 124 valence electrons. The molecule has 0 aromatic heterocycles. The Morgan fingerprint density at radius 1 is 1.09 bits per heavy atom. The van der Waals surface area contributed by atoms with Gasteiger partial charge in [0.2, 0.25) is 0 Å². The number of para-hydroxylation sites is 2. The Bertz CT molecular complexity index is 434. The molecule has 1 aromatic carbocycles. The second kappa shape index (κ2) is 10.5. The lowest BCUT2D eigenvalue weighted by molar-refractivity contribution is 0.145. The monoisotopic (exact) mass is 326 g/mol. The van der Waals surface area contributed by atoms with Crippen LogP contribution in [0.25, 0.3) is 0 Å². The molecule has 1 aromatic rings. The Labute approximate surface area is 140 Å². The van der Waals surface area contributed by atoms with Gasteiger partial charge in [-0.15, -0.1) is 12.4 Å². The van der Waals surface area contributed by atoms with Gasteiger partial charge in [0.1, 0.15) is 6.61 Å². The normalized spacial score (nSPS) is 15.9. The van der Waals surface area contributed by atoms with Crippen LogP contribution in [0.3, 0.4) is 0 Å². The molecule has 5 heteroatoms. The van der Waals surface area contributed by atoms with Crippen LogP contribution in [0, 0.1) is 0 Å². The summed E-state index contributed by atoms with van der Waals surface area (Å²) in [7, 11) is 2.18. The number of benzene rings is 1. The van der Waals surface area contributed by atoms with Crippen LogP contribution >= 0.6 is 12.4 Å². The summed E-state index contributed by atoms with van der Waals surface area (Å²) in [6.45, 7) is 10.6. The first-order chi connectivity index (χ1) is 10.3. The predicted molar refractivity (Wildman–Crippen MR) is 93.4 cm³/mol. The highest BCUT2D eigenvalue weighted by atomic mass is 35.5. The molecule has 4 nitrogen and oxygen atoms in total. The Balaban J connectivity index is 0.00000242. The smallest absolute Gasteiger partial charge is 0.161 e. The van der Waals surface area contributed by atoms with Gasteiger partial charge in [-0.25, -0.2) is 0 Å². The molecule has 1 aliphatic rings. The zero-order valence-electron chi connectivity index (χ0n) is 13.4. The van der Waals surface area contributed by atoms with Crippen molar-refractivity contribution in [3.63, 3.8) is 0 Å². The largest absolute Gasteiger partial charge is 0.490 e. The molecule has 22 heavy (non-hydrogen) atoms. The van der Waals surface area contributed by atoms with E-state index in [0.717, 1.165) is 44.2 Å². The fourth-order valence-corrected chi connectivity index (χ4v) is 2.38. The number of nitrogens with zero attached hydrogens (tertiary/aromatic N) is 2. The molecule has 0 N–H and O–H groups in total. The quantitative estimate of drug-likeness (QED) is 0.541. The standard InChI is InChI=1S/C17H26N2O2.ClH/c1-3-14-20-16-7-4-5-8-17(16)21-15-6-9-19-12-10-18(2)11-13-19;/h3-5,7-8H,1,6,9-15H2,2H3;1H. The first-order valence-corrected chi connectivity index (χ1v) is 7.66. The van der Waals surface area contributed by atoms with Crippen molar-refractivity contribution >= 4 is 12.4 Å². The van der Waals surface area contributed by atoms with Gasteiger partial charge >= 0.3 is 0 Å². The van der Waals surface area contributed by atoms with E-state index in [-0.39, 0.29) is 12.4 Å². The van der Waals surface area contributed by atoms with Crippen LogP contribution in [0.1, 0.15) is 6.42 Å². The molecule has 0 radical (unpaired) electrons. The van der Waals surface area contributed by atoms with Crippen molar-refractivity contribution in [1.29, 1.82) is 0 Å². The lowest BCUT2D eigenvalue weighted by Gasteiger charge is -2.32. The van der Waals surface area contributed by atoms with Crippen LogP contribution < -0.4 is 9.47 Å². The van der Waals surface area contributed by atoms with Crippen LogP contribution in [0.5, 0.6) is 11.5 Å². The second-order valence-corrected chi connectivity index (χ2v) is 5.39. The maximum Gasteiger partial charge on any atom is 0.161 e. The summed E-state index contributed by atoms with van der Waals surface area (Å²) in [5, 5.41) is 0. The van der Waals surface area contributed by atoms with E-state index in [2.05, 4.69) is 23.4 Å². The molecule has 0 unspecified atom stereocenters. The van der Waals surface area contributed by atoms with Crippen molar-refractivity contribution in [1.82, 2.24) is 9.80 Å². The summed E-state index contributed by atoms with van der Waals surface area (Å²) in [5.41, 5.74) is 0.